The van der Waals surface area contributed by atoms with Crippen LogP contribution in [0.5, 0.6) is 0 Å². The predicted molar refractivity (Wildman–Crippen MR) is 53.4 cm³/mol. The summed E-state index contributed by atoms with van der Waals surface area (Å²) in [6, 6.07) is 0. The van der Waals surface area contributed by atoms with Gasteiger partial charge in [-0.15, -0.1) is 0 Å². The number of carboxylic acid groups (broad SMARTS) is 1. The van der Waals surface area contributed by atoms with Crippen LogP contribution in [0.2, 0.25) is 5.02 Å². The van der Waals surface area contributed by atoms with Gasteiger partial charge in [0.15, 0.2) is 0 Å². The van der Waals surface area contributed by atoms with Gasteiger partial charge in [0.1, 0.15) is 0 Å². The quantitative estimate of drug-likeness (QED) is 0.854. The first-order valence-electron chi connectivity index (χ1n) is 4.33. The van der Waals surface area contributed by atoms with Crippen molar-refractivity contribution < 1.29 is 18.7 Å². The van der Waals surface area contributed by atoms with E-state index in [1.807, 2.05) is 0 Å². The molecule has 16 heavy (non-hydrogen) atoms. The number of aromatic nitrogens is 1. The molecule has 4 nitrogen and oxygen atoms in total. The van der Waals surface area contributed by atoms with Gasteiger partial charge < -0.3 is 10.8 Å². The summed E-state index contributed by atoms with van der Waals surface area (Å²) >= 11 is 5.76. The van der Waals surface area contributed by atoms with E-state index < -0.39 is 18.8 Å². The average Bonchev–Trinajstić information content (AvgIpc) is 2.19. The van der Waals surface area contributed by atoms with Gasteiger partial charge in [-0.05, 0) is 5.56 Å². The third kappa shape index (κ3) is 2.65. The molecule has 0 atom stereocenters. The van der Waals surface area contributed by atoms with E-state index in [-0.39, 0.29) is 28.4 Å². The molecule has 7 heteroatoms. The van der Waals surface area contributed by atoms with E-state index in [1.165, 1.54) is 0 Å². The lowest BCUT2D eigenvalue weighted by atomic mass is 10.1. The first kappa shape index (κ1) is 12.8. The summed E-state index contributed by atoms with van der Waals surface area (Å²) in [7, 11) is 0. The zero-order valence-corrected chi connectivity index (χ0v) is 8.84. The van der Waals surface area contributed by atoms with E-state index in [2.05, 4.69) is 4.98 Å². The van der Waals surface area contributed by atoms with Gasteiger partial charge in [0, 0.05) is 18.3 Å². The van der Waals surface area contributed by atoms with Gasteiger partial charge in [-0.2, -0.15) is 0 Å². The fourth-order valence-electron chi connectivity index (χ4n) is 1.24. The summed E-state index contributed by atoms with van der Waals surface area (Å²) in [5.41, 5.74) is 5.02. The molecule has 0 aliphatic heterocycles. The molecule has 0 amide bonds. The summed E-state index contributed by atoms with van der Waals surface area (Å²) in [4.78, 5) is 14.1. The summed E-state index contributed by atoms with van der Waals surface area (Å²) in [5.74, 6) is -1.14. The van der Waals surface area contributed by atoms with Crippen molar-refractivity contribution in [3.05, 3.63) is 28.0 Å². The number of nitrogens with zero attached hydrogens (tertiary/aromatic N) is 1. The van der Waals surface area contributed by atoms with Crippen LogP contribution < -0.4 is 5.73 Å². The van der Waals surface area contributed by atoms with E-state index in [0.29, 0.717) is 0 Å². The Morgan fingerprint density at radius 2 is 2.25 bits per heavy atom. The molecule has 0 aliphatic rings. The lowest BCUT2D eigenvalue weighted by molar-refractivity contribution is -0.136. The minimum atomic E-state index is -2.73. The maximum absolute atomic E-state index is 12.5. The van der Waals surface area contributed by atoms with Gasteiger partial charge in [-0.1, -0.05) is 11.6 Å². The van der Waals surface area contributed by atoms with Crippen molar-refractivity contribution in [3.63, 3.8) is 0 Å². The van der Waals surface area contributed by atoms with Crippen LogP contribution in [0.4, 0.5) is 8.78 Å². The molecule has 0 saturated heterocycles. The van der Waals surface area contributed by atoms with Crippen LogP contribution in [-0.4, -0.2) is 16.1 Å². The largest absolute Gasteiger partial charge is 0.481 e. The lowest BCUT2D eigenvalue weighted by Crippen LogP contribution is -2.09. The number of aliphatic carboxylic acids is 1. The van der Waals surface area contributed by atoms with Crippen LogP contribution in [0.25, 0.3) is 0 Å². The minimum Gasteiger partial charge on any atom is -0.481 e. The average molecular weight is 251 g/mol. The Labute approximate surface area is 95.0 Å². The molecule has 3 N–H and O–H groups in total. The number of hydrogen-bond donors (Lipinski definition) is 2. The van der Waals surface area contributed by atoms with Crippen molar-refractivity contribution >= 4 is 17.6 Å². The minimum absolute atomic E-state index is 0.0408. The number of carboxylic acids is 1. The van der Waals surface area contributed by atoms with E-state index >= 15 is 0 Å². The van der Waals surface area contributed by atoms with Crippen molar-refractivity contribution in [1.29, 1.82) is 0 Å². The van der Waals surface area contributed by atoms with Crippen LogP contribution in [0.3, 0.4) is 0 Å². The Balaban J connectivity index is 3.23. The van der Waals surface area contributed by atoms with Crippen LogP contribution in [0.15, 0.2) is 6.20 Å². The van der Waals surface area contributed by atoms with Gasteiger partial charge in [0.2, 0.25) is 0 Å². The molecule has 0 saturated carbocycles. The zero-order chi connectivity index (χ0) is 12.3. The third-order valence-electron chi connectivity index (χ3n) is 1.98. The van der Waals surface area contributed by atoms with Crippen molar-refractivity contribution in [1.82, 2.24) is 4.98 Å². The molecule has 88 valence electrons. The van der Waals surface area contributed by atoms with E-state index in [1.54, 1.807) is 0 Å². The smallest absolute Gasteiger partial charge is 0.309 e. The highest BCUT2D eigenvalue weighted by Gasteiger charge is 2.19. The van der Waals surface area contributed by atoms with E-state index in [0.717, 1.165) is 6.20 Å². The fourth-order valence-corrected chi connectivity index (χ4v) is 1.55. The molecule has 1 aromatic heterocycles. The highest BCUT2D eigenvalue weighted by atomic mass is 35.5. The molecule has 0 bridgehead atoms. The molecule has 0 aliphatic carbocycles. The van der Waals surface area contributed by atoms with Crippen LogP contribution in [0, 0.1) is 0 Å². The second kappa shape index (κ2) is 5.18. The number of carbonyl (C=O) groups is 1. The van der Waals surface area contributed by atoms with Crippen molar-refractivity contribution in [2.24, 2.45) is 5.73 Å². The molecular weight excluding hydrogens is 242 g/mol. The molecule has 0 aromatic carbocycles. The molecule has 0 unspecified atom stereocenters. The molecule has 0 fully saturated rings. The molecule has 0 spiro atoms. The Kier molecular flexibility index (Phi) is 4.14. The molecule has 1 aromatic rings. The highest BCUT2D eigenvalue weighted by molar-refractivity contribution is 6.32. The Morgan fingerprint density at radius 1 is 1.62 bits per heavy atom. The van der Waals surface area contributed by atoms with Crippen molar-refractivity contribution in [2.75, 3.05) is 0 Å². The molecule has 0 radical (unpaired) electrons. The van der Waals surface area contributed by atoms with Gasteiger partial charge in [-0.3, -0.25) is 9.78 Å². The van der Waals surface area contributed by atoms with Crippen LogP contribution in [-0.2, 0) is 17.8 Å². The lowest BCUT2D eigenvalue weighted by Gasteiger charge is -2.11. The number of alkyl halides is 2. The number of halogens is 3. The first-order valence-corrected chi connectivity index (χ1v) is 4.71. The highest BCUT2D eigenvalue weighted by Crippen LogP contribution is 2.29. The zero-order valence-electron chi connectivity index (χ0n) is 8.08. The van der Waals surface area contributed by atoms with Gasteiger partial charge in [-0.25, -0.2) is 8.78 Å². The van der Waals surface area contributed by atoms with Crippen molar-refractivity contribution in [3.8, 4) is 0 Å². The SMILES string of the molecule is NCc1c(C(F)F)cnc(CC(=O)O)c1Cl. The Bertz CT molecular complexity index is 413. The maximum Gasteiger partial charge on any atom is 0.309 e. The number of pyridine rings is 1. The number of hydrogen-bond acceptors (Lipinski definition) is 3. The number of rotatable bonds is 4. The molecular formula is C9H9ClF2N2O2. The van der Waals surface area contributed by atoms with Gasteiger partial charge in [0.05, 0.1) is 17.1 Å². The summed E-state index contributed by atoms with van der Waals surface area (Å²) < 4.78 is 25.0. The summed E-state index contributed by atoms with van der Waals surface area (Å²) in [6.45, 7) is -0.187. The van der Waals surface area contributed by atoms with E-state index in [9.17, 15) is 13.6 Å². The second-order valence-corrected chi connectivity index (χ2v) is 3.41. The van der Waals surface area contributed by atoms with Crippen LogP contribution in [0.1, 0.15) is 23.2 Å². The van der Waals surface area contributed by atoms with Gasteiger partial charge in [0.25, 0.3) is 6.43 Å². The molecule has 1 heterocycles. The number of nitrogens with two attached hydrogens (primary N) is 1. The first-order chi connectivity index (χ1) is 7.47. The van der Waals surface area contributed by atoms with E-state index in [4.69, 9.17) is 22.4 Å². The third-order valence-corrected chi connectivity index (χ3v) is 2.43. The fraction of sp³-hybridized carbons (Fsp3) is 0.333. The van der Waals surface area contributed by atoms with Crippen LogP contribution >= 0.6 is 11.6 Å². The topological polar surface area (TPSA) is 76.2 Å². The monoisotopic (exact) mass is 250 g/mol. The summed E-state index contributed by atoms with van der Waals surface area (Å²) in [5, 5.41) is 8.46. The normalized spacial score (nSPS) is 10.8. The summed E-state index contributed by atoms with van der Waals surface area (Å²) in [6.07, 6.45) is -2.24. The standard InChI is InChI=1S/C9H9ClF2N2O2/c10-8-4(2-13)5(9(11)12)3-14-6(8)1-7(15)16/h3,9H,1-2,13H2,(H,15,16). The van der Waals surface area contributed by atoms with Crippen molar-refractivity contribution in [2.45, 2.75) is 19.4 Å². The second-order valence-electron chi connectivity index (χ2n) is 3.03. The Hall–Kier alpha value is -1.27. The molecule has 1 rings (SSSR count). The Morgan fingerprint density at radius 3 is 2.69 bits per heavy atom. The van der Waals surface area contributed by atoms with Gasteiger partial charge >= 0.3 is 5.97 Å². The predicted octanol–water partition coefficient (Wildman–Crippen LogP) is 1.76. The maximum atomic E-state index is 12.5.